The van der Waals surface area contributed by atoms with Crippen LogP contribution in [0.2, 0.25) is 0 Å². The number of hydrogen-bond acceptors (Lipinski definition) is 6. The van der Waals surface area contributed by atoms with Gasteiger partial charge in [-0.3, -0.25) is 19.1 Å². The minimum Gasteiger partial charge on any atom is -0.361 e. The van der Waals surface area contributed by atoms with Gasteiger partial charge < -0.3 is 9.42 Å². The third-order valence-electron chi connectivity index (χ3n) is 5.19. The molecule has 28 heavy (non-hydrogen) atoms. The quantitative estimate of drug-likeness (QED) is 0.689. The zero-order valence-electron chi connectivity index (χ0n) is 15.6. The standard InChI is InChI=1S/C20H21N5O3/c1-14-17(11-23-28-14)20(27)24-8-4-15(5-9-24)12-25-13-22-18(10-19(25)26)16-2-6-21-7-3-16/h2-3,6-7,10-11,13,15H,4-5,8-9,12H2,1H3. The van der Waals surface area contributed by atoms with Crippen molar-refractivity contribution < 1.29 is 9.32 Å². The van der Waals surface area contributed by atoms with E-state index < -0.39 is 0 Å². The van der Waals surface area contributed by atoms with Gasteiger partial charge in [0.25, 0.3) is 11.5 Å². The van der Waals surface area contributed by atoms with E-state index in [1.165, 1.54) is 6.20 Å². The van der Waals surface area contributed by atoms with E-state index in [2.05, 4.69) is 15.1 Å². The fourth-order valence-electron chi connectivity index (χ4n) is 3.51. The second-order valence-electron chi connectivity index (χ2n) is 7.03. The fraction of sp³-hybridized carbons (Fsp3) is 0.350. The summed E-state index contributed by atoms with van der Waals surface area (Å²) in [5.74, 6) is 0.829. The van der Waals surface area contributed by atoms with Crippen LogP contribution < -0.4 is 5.56 Å². The Morgan fingerprint density at radius 1 is 1.25 bits per heavy atom. The molecule has 0 aliphatic carbocycles. The van der Waals surface area contributed by atoms with E-state index in [4.69, 9.17) is 4.52 Å². The van der Waals surface area contributed by atoms with Crippen LogP contribution in [0.5, 0.6) is 0 Å². The molecule has 4 rings (SSSR count). The van der Waals surface area contributed by atoms with Crippen LogP contribution in [0, 0.1) is 12.8 Å². The van der Waals surface area contributed by atoms with Gasteiger partial charge in [0.1, 0.15) is 11.3 Å². The van der Waals surface area contributed by atoms with E-state index in [-0.39, 0.29) is 11.5 Å². The van der Waals surface area contributed by atoms with E-state index in [1.807, 2.05) is 17.0 Å². The highest BCUT2D eigenvalue weighted by Gasteiger charge is 2.26. The Morgan fingerprint density at radius 2 is 2.00 bits per heavy atom. The van der Waals surface area contributed by atoms with Crippen molar-refractivity contribution in [2.45, 2.75) is 26.3 Å². The third kappa shape index (κ3) is 3.71. The van der Waals surface area contributed by atoms with E-state index in [0.29, 0.717) is 42.6 Å². The molecule has 1 fully saturated rings. The first kappa shape index (κ1) is 18.1. The van der Waals surface area contributed by atoms with Gasteiger partial charge in [0, 0.05) is 43.7 Å². The maximum absolute atomic E-state index is 12.5. The van der Waals surface area contributed by atoms with Crippen molar-refractivity contribution in [1.29, 1.82) is 0 Å². The summed E-state index contributed by atoms with van der Waals surface area (Å²) in [5, 5.41) is 3.68. The molecule has 1 amide bonds. The van der Waals surface area contributed by atoms with Gasteiger partial charge in [-0.05, 0) is 37.8 Å². The lowest BCUT2D eigenvalue weighted by atomic mass is 9.96. The maximum atomic E-state index is 12.5. The van der Waals surface area contributed by atoms with Crippen LogP contribution in [0.4, 0.5) is 0 Å². The van der Waals surface area contributed by atoms with Crippen molar-refractivity contribution in [3.63, 3.8) is 0 Å². The molecule has 1 aliphatic rings. The second kappa shape index (κ2) is 7.75. The van der Waals surface area contributed by atoms with Crippen LogP contribution in [0.1, 0.15) is 29.0 Å². The van der Waals surface area contributed by atoms with Crippen molar-refractivity contribution in [2.75, 3.05) is 13.1 Å². The number of rotatable bonds is 4. The molecule has 1 saturated heterocycles. The summed E-state index contributed by atoms with van der Waals surface area (Å²) in [4.78, 5) is 35.2. The number of carbonyl (C=O) groups is 1. The van der Waals surface area contributed by atoms with Gasteiger partial charge in [-0.2, -0.15) is 0 Å². The monoisotopic (exact) mass is 379 g/mol. The molecule has 0 aromatic carbocycles. The second-order valence-corrected chi connectivity index (χ2v) is 7.03. The maximum Gasteiger partial charge on any atom is 0.259 e. The van der Waals surface area contributed by atoms with Crippen molar-refractivity contribution in [3.8, 4) is 11.3 Å². The van der Waals surface area contributed by atoms with Gasteiger partial charge >= 0.3 is 0 Å². The summed E-state index contributed by atoms with van der Waals surface area (Å²) in [6, 6.07) is 5.22. The van der Waals surface area contributed by atoms with E-state index in [1.54, 1.807) is 36.3 Å². The van der Waals surface area contributed by atoms with Crippen molar-refractivity contribution in [3.05, 3.63) is 64.8 Å². The van der Waals surface area contributed by atoms with Crippen molar-refractivity contribution in [1.82, 2.24) is 24.6 Å². The first-order valence-corrected chi connectivity index (χ1v) is 9.29. The molecular formula is C20H21N5O3. The summed E-state index contributed by atoms with van der Waals surface area (Å²) in [6.45, 7) is 3.66. The molecule has 3 aromatic rings. The van der Waals surface area contributed by atoms with Crippen molar-refractivity contribution in [2.24, 2.45) is 5.92 Å². The van der Waals surface area contributed by atoms with Crippen molar-refractivity contribution >= 4 is 5.91 Å². The molecule has 4 heterocycles. The smallest absolute Gasteiger partial charge is 0.259 e. The van der Waals surface area contributed by atoms with Gasteiger partial charge in [-0.15, -0.1) is 0 Å². The summed E-state index contributed by atoms with van der Waals surface area (Å²) in [7, 11) is 0. The normalized spacial score (nSPS) is 15.0. The molecule has 0 saturated carbocycles. The average molecular weight is 379 g/mol. The molecule has 3 aromatic heterocycles. The number of piperidine rings is 1. The van der Waals surface area contributed by atoms with Crippen LogP contribution in [0.15, 0.2) is 52.4 Å². The molecule has 0 atom stereocenters. The molecular weight excluding hydrogens is 358 g/mol. The minimum atomic E-state index is -0.0691. The highest BCUT2D eigenvalue weighted by Crippen LogP contribution is 2.21. The SMILES string of the molecule is Cc1oncc1C(=O)N1CCC(Cn2cnc(-c3ccncc3)cc2=O)CC1. The topological polar surface area (TPSA) is 94.1 Å². The number of nitrogens with zero attached hydrogens (tertiary/aromatic N) is 5. The lowest BCUT2D eigenvalue weighted by molar-refractivity contribution is 0.0680. The van der Waals surface area contributed by atoms with Gasteiger partial charge in [-0.25, -0.2) is 4.98 Å². The Hall–Kier alpha value is -3.29. The van der Waals surface area contributed by atoms with Gasteiger partial charge in [0.05, 0.1) is 18.2 Å². The molecule has 8 nitrogen and oxygen atoms in total. The molecule has 0 unspecified atom stereocenters. The molecule has 8 heteroatoms. The number of carbonyl (C=O) groups excluding carboxylic acids is 1. The number of likely N-dealkylation sites (tertiary alicyclic amines) is 1. The predicted octanol–water partition coefficient (Wildman–Crippen LogP) is 2.15. The molecule has 0 spiro atoms. The summed E-state index contributed by atoms with van der Waals surface area (Å²) < 4.78 is 6.64. The molecule has 0 radical (unpaired) electrons. The Balaban J connectivity index is 1.38. The number of pyridine rings is 1. The summed E-state index contributed by atoms with van der Waals surface area (Å²) in [6.07, 6.45) is 8.12. The van der Waals surface area contributed by atoms with Crippen LogP contribution in [-0.4, -0.2) is 43.6 Å². The number of hydrogen-bond donors (Lipinski definition) is 0. The first-order chi connectivity index (χ1) is 13.6. The van der Waals surface area contributed by atoms with E-state index >= 15 is 0 Å². The van der Waals surface area contributed by atoms with Gasteiger partial charge in [0.15, 0.2) is 0 Å². The zero-order valence-corrected chi connectivity index (χ0v) is 15.6. The lowest BCUT2D eigenvalue weighted by Crippen LogP contribution is -2.40. The molecule has 0 bridgehead atoms. The molecule has 0 N–H and O–H groups in total. The molecule has 144 valence electrons. The van der Waals surface area contributed by atoms with Crippen LogP contribution in [-0.2, 0) is 6.54 Å². The minimum absolute atomic E-state index is 0.0438. The summed E-state index contributed by atoms with van der Waals surface area (Å²) >= 11 is 0. The Bertz CT molecular complexity index is 1020. The number of amides is 1. The Labute approximate surface area is 161 Å². The van der Waals surface area contributed by atoms with Crippen LogP contribution in [0.3, 0.4) is 0 Å². The number of aromatic nitrogens is 4. The van der Waals surface area contributed by atoms with Gasteiger partial charge in [0.2, 0.25) is 0 Å². The third-order valence-corrected chi connectivity index (χ3v) is 5.19. The zero-order chi connectivity index (χ0) is 19.5. The average Bonchev–Trinajstić information content (AvgIpc) is 3.16. The fourth-order valence-corrected chi connectivity index (χ4v) is 3.51. The molecule has 1 aliphatic heterocycles. The number of aryl methyl sites for hydroxylation is 1. The summed E-state index contributed by atoms with van der Waals surface area (Å²) in [5.41, 5.74) is 1.97. The van der Waals surface area contributed by atoms with Gasteiger partial charge in [-0.1, -0.05) is 5.16 Å². The Morgan fingerprint density at radius 3 is 2.64 bits per heavy atom. The van der Waals surface area contributed by atoms with E-state index in [9.17, 15) is 9.59 Å². The highest BCUT2D eigenvalue weighted by molar-refractivity contribution is 5.94. The first-order valence-electron chi connectivity index (χ1n) is 9.29. The van der Waals surface area contributed by atoms with Crippen LogP contribution >= 0.6 is 0 Å². The predicted molar refractivity (Wildman–Crippen MR) is 102 cm³/mol. The Kier molecular flexibility index (Phi) is 5.01. The largest absolute Gasteiger partial charge is 0.361 e. The van der Waals surface area contributed by atoms with E-state index in [0.717, 1.165) is 18.4 Å². The lowest BCUT2D eigenvalue weighted by Gasteiger charge is -2.32. The highest BCUT2D eigenvalue weighted by atomic mass is 16.5. The van der Waals surface area contributed by atoms with Crippen LogP contribution in [0.25, 0.3) is 11.3 Å².